The van der Waals surface area contributed by atoms with Crippen LogP contribution in [0.4, 0.5) is 5.69 Å². The summed E-state index contributed by atoms with van der Waals surface area (Å²) < 4.78 is 19.1. The van der Waals surface area contributed by atoms with E-state index in [1.165, 1.54) is 31.0 Å². The summed E-state index contributed by atoms with van der Waals surface area (Å²) in [6.45, 7) is 1.47. The highest BCUT2D eigenvalue weighted by Crippen LogP contribution is 2.43. The summed E-state index contributed by atoms with van der Waals surface area (Å²) in [6.07, 6.45) is 0. The number of benzene rings is 3. The molecule has 0 saturated carbocycles. The number of hydrogen-bond acceptors (Lipinski definition) is 10. The number of thioether (sulfide) groups is 1. The second-order valence-corrected chi connectivity index (χ2v) is 10.5. The zero-order chi connectivity index (χ0) is 28.8. The Morgan fingerprint density at radius 3 is 2.42 bits per heavy atom. The van der Waals surface area contributed by atoms with Crippen LogP contribution in [0, 0.1) is 27.2 Å². The van der Waals surface area contributed by atoms with Gasteiger partial charge in [-0.15, -0.1) is 10.2 Å². The van der Waals surface area contributed by atoms with E-state index in [0.717, 1.165) is 5.69 Å². The first-order valence-corrected chi connectivity index (χ1v) is 13.5. The standard InChI is InChI=1S/C26H24BrN5O7S/c1-16-28-29-26(31(16)19-7-9-21(37-2)10-8-19)40-24(14-30(33)34)18-12-22(27)25(23(13-18)38-3)39-15-17-5-4-6-20(11-17)32(35)36/h4-13,24H,14-15H2,1-3H3/t24-/m0/s1. The van der Waals surface area contributed by atoms with Crippen molar-refractivity contribution in [3.8, 4) is 22.9 Å². The van der Waals surface area contributed by atoms with E-state index in [9.17, 15) is 20.2 Å². The third-order valence-electron chi connectivity index (χ3n) is 5.82. The maximum Gasteiger partial charge on any atom is 0.269 e. The lowest BCUT2D eigenvalue weighted by molar-refractivity contribution is -0.479. The van der Waals surface area contributed by atoms with E-state index >= 15 is 0 Å². The summed E-state index contributed by atoms with van der Waals surface area (Å²) in [6, 6.07) is 16.9. The molecule has 0 unspecified atom stereocenters. The molecule has 0 saturated heterocycles. The highest BCUT2D eigenvalue weighted by atomic mass is 79.9. The number of nitrogens with zero attached hydrogens (tertiary/aromatic N) is 5. The molecule has 0 amide bonds. The molecule has 0 N–H and O–H groups in total. The molecule has 3 aromatic carbocycles. The number of nitro groups is 2. The summed E-state index contributed by atoms with van der Waals surface area (Å²) in [5.74, 6) is 2.02. The van der Waals surface area contributed by atoms with Crippen LogP contribution in [0.3, 0.4) is 0 Å². The molecule has 0 aliphatic heterocycles. The van der Waals surface area contributed by atoms with Crippen LogP contribution in [0.25, 0.3) is 5.69 Å². The SMILES string of the molecule is COc1ccc(-n2c(C)nnc2S[C@@H](C[N+](=O)[O-])c2cc(Br)c(OCc3cccc([N+](=O)[O-])c3)c(OC)c2)cc1. The van der Waals surface area contributed by atoms with Crippen molar-refractivity contribution in [3.63, 3.8) is 0 Å². The Morgan fingerprint density at radius 1 is 1.02 bits per heavy atom. The maximum atomic E-state index is 11.7. The van der Waals surface area contributed by atoms with E-state index in [1.54, 1.807) is 38.3 Å². The Labute approximate surface area is 241 Å². The Kier molecular flexibility index (Phi) is 9.22. The first-order chi connectivity index (χ1) is 19.2. The lowest BCUT2D eigenvalue weighted by atomic mass is 10.1. The van der Waals surface area contributed by atoms with Crippen molar-refractivity contribution in [2.45, 2.75) is 23.9 Å². The van der Waals surface area contributed by atoms with E-state index in [-0.39, 0.29) is 23.8 Å². The van der Waals surface area contributed by atoms with Gasteiger partial charge in [0.05, 0.1) is 23.6 Å². The molecular weight excluding hydrogens is 606 g/mol. The van der Waals surface area contributed by atoms with Crippen molar-refractivity contribution >= 4 is 33.4 Å². The number of nitro benzene ring substituents is 1. The fourth-order valence-corrected chi connectivity index (χ4v) is 5.63. The monoisotopic (exact) mass is 629 g/mol. The van der Waals surface area contributed by atoms with Gasteiger partial charge in [0.1, 0.15) is 23.4 Å². The van der Waals surface area contributed by atoms with Crippen LogP contribution in [0.15, 0.2) is 70.3 Å². The lowest BCUT2D eigenvalue weighted by Gasteiger charge is -2.18. The van der Waals surface area contributed by atoms with Gasteiger partial charge in [0.2, 0.25) is 6.54 Å². The van der Waals surface area contributed by atoms with Gasteiger partial charge in [-0.1, -0.05) is 23.9 Å². The topological polar surface area (TPSA) is 145 Å². The minimum absolute atomic E-state index is 0.0418. The van der Waals surface area contributed by atoms with Gasteiger partial charge in [-0.3, -0.25) is 24.8 Å². The summed E-state index contributed by atoms with van der Waals surface area (Å²) in [7, 11) is 3.05. The predicted molar refractivity (Wildman–Crippen MR) is 151 cm³/mol. The molecule has 40 heavy (non-hydrogen) atoms. The van der Waals surface area contributed by atoms with Crippen LogP contribution < -0.4 is 14.2 Å². The van der Waals surface area contributed by atoms with Gasteiger partial charge in [-0.05, 0) is 70.4 Å². The predicted octanol–water partition coefficient (Wildman–Crippen LogP) is 5.95. The molecule has 0 aliphatic carbocycles. The molecule has 0 spiro atoms. The van der Waals surface area contributed by atoms with Crippen molar-refractivity contribution in [1.82, 2.24) is 14.8 Å². The number of halogens is 1. The number of aromatic nitrogens is 3. The third-order valence-corrected chi connectivity index (χ3v) is 7.59. The summed E-state index contributed by atoms with van der Waals surface area (Å²) >= 11 is 4.71. The minimum Gasteiger partial charge on any atom is -0.497 e. The molecule has 0 aliphatic rings. The normalized spacial score (nSPS) is 11.6. The van der Waals surface area contributed by atoms with E-state index < -0.39 is 10.2 Å². The van der Waals surface area contributed by atoms with E-state index in [1.807, 2.05) is 28.8 Å². The van der Waals surface area contributed by atoms with Crippen LogP contribution in [0.2, 0.25) is 0 Å². The van der Waals surface area contributed by atoms with Crippen LogP contribution in [0.5, 0.6) is 17.2 Å². The van der Waals surface area contributed by atoms with Crippen LogP contribution >= 0.6 is 27.7 Å². The molecule has 14 heteroatoms. The largest absolute Gasteiger partial charge is 0.497 e. The fourth-order valence-electron chi connectivity index (χ4n) is 3.90. The van der Waals surface area contributed by atoms with Crippen LogP contribution in [-0.2, 0) is 6.61 Å². The fraction of sp³-hybridized carbons (Fsp3) is 0.231. The number of non-ortho nitro benzene ring substituents is 1. The summed E-state index contributed by atoms with van der Waals surface area (Å²) in [4.78, 5) is 21.9. The van der Waals surface area contributed by atoms with Crippen LogP contribution in [0.1, 0.15) is 22.2 Å². The van der Waals surface area contributed by atoms with E-state index in [0.29, 0.717) is 43.8 Å². The molecule has 1 atom stereocenters. The molecule has 1 heterocycles. The Morgan fingerprint density at radius 2 is 1.77 bits per heavy atom. The van der Waals surface area contributed by atoms with Crippen molar-refractivity contribution in [2.24, 2.45) is 0 Å². The Bertz CT molecular complexity index is 1530. The maximum absolute atomic E-state index is 11.7. The molecule has 0 radical (unpaired) electrons. The van der Waals surface area contributed by atoms with Gasteiger partial charge in [0.15, 0.2) is 16.7 Å². The van der Waals surface area contributed by atoms with E-state index in [2.05, 4.69) is 26.1 Å². The van der Waals surface area contributed by atoms with Crippen molar-refractivity contribution in [2.75, 3.05) is 20.8 Å². The van der Waals surface area contributed by atoms with Crippen molar-refractivity contribution in [1.29, 1.82) is 0 Å². The second kappa shape index (κ2) is 12.8. The van der Waals surface area contributed by atoms with Gasteiger partial charge in [-0.2, -0.15) is 0 Å². The molecule has 0 fully saturated rings. The third kappa shape index (κ3) is 6.69. The quantitative estimate of drug-likeness (QED) is 0.105. The highest BCUT2D eigenvalue weighted by molar-refractivity contribution is 9.10. The number of aryl methyl sites for hydroxylation is 1. The van der Waals surface area contributed by atoms with Crippen molar-refractivity contribution in [3.05, 3.63) is 102 Å². The molecular formula is C26H24BrN5O7S. The molecule has 208 valence electrons. The minimum atomic E-state index is -0.647. The summed E-state index contributed by atoms with van der Waals surface area (Å²) in [5.41, 5.74) is 1.95. The lowest BCUT2D eigenvalue weighted by Crippen LogP contribution is -2.12. The average Bonchev–Trinajstić information content (AvgIpc) is 3.31. The molecule has 0 bridgehead atoms. The Hall–Kier alpha value is -4.17. The van der Waals surface area contributed by atoms with Gasteiger partial charge in [0.25, 0.3) is 5.69 Å². The number of methoxy groups -OCH3 is 2. The molecule has 4 rings (SSSR count). The van der Waals surface area contributed by atoms with Gasteiger partial charge >= 0.3 is 0 Å². The first-order valence-electron chi connectivity index (χ1n) is 11.8. The van der Waals surface area contributed by atoms with Gasteiger partial charge < -0.3 is 14.2 Å². The second-order valence-electron chi connectivity index (χ2n) is 8.43. The smallest absolute Gasteiger partial charge is 0.269 e. The highest BCUT2D eigenvalue weighted by Gasteiger charge is 2.26. The number of ether oxygens (including phenoxy) is 3. The molecule has 4 aromatic rings. The summed E-state index contributed by atoms with van der Waals surface area (Å²) in [5, 5.41) is 31.1. The van der Waals surface area contributed by atoms with Crippen LogP contribution in [-0.4, -0.2) is 45.4 Å². The Balaban J connectivity index is 1.63. The average molecular weight is 630 g/mol. The van der Waals surface area contributed by atoms with E-state index in [4.69, 9.17) is 14.2 Å². The number of hydrogen-bond donors (Lipinski definition) is 0. The molecule has 12 nitrogen and oxygen atoms in total. The zero-order valence-corrected chi connectivity index (χ0v) is 24.0. The number of rotatable bonds is 12. The van der Waals surface area contributed by atoms with Crippen molar-refractivity contribution < 1.29 is 24.1 Å². The van der Waals surface area contributed by atoms with Gasteiger partial charge in [-0.25, -0.2) is 0 Å². The molecule has 1 aromatic heterocycles. The zero-order valence-electron chi connectivity index (χ0n) is 21.6. The van der Waals surface area contributed by atoms with Gasteiger partial charge in [0, 0.05) is 22.7 Å². The first kappa shape index (κ1) is 28.8.